The highest BCUT2D eigenvalue weighted by atomic mass is 32.5. The molecule has 6 nitrogen and oxygen atoms in total. The third kappa shape index (κ3) is 3.36. The Bertz CT molecular complexity index is 404. The summed E-state index contributed by atoms with van der Waals surface area (Å²) < 4.78 is 11.2. The second kappa shape index (κ2) is 4.31. The van der Waals surface area contributed by atoms with Crippen molar-refractivity contribution in [3.63, 3.8) is 0 Å². The number of benzene rings is 1. The maximum atomic E-state index is 11.0. The molecule has 0 radical (unpaired) electrons. The van der Waals surface area contributed by atoms with Crippen molar-refractivity contribution in [1.29, 1.82) is 0 Å². The zero-order valence-electron chi connectivity index (χ0n) is 7.33. The Morgan fingerprint density at radius 2 is 1.53 bits per heavy atom. The highest BCUT2D eigenvalue weighted by Gasteiger charge is 2.36. The standard InChI is InChI=1S/C6H9NO5P2S/c8-13(9,10)7(14(11,12)15)6-4-2-1-3-5-6/h1-5H,(H2,8,9,10)(H2,11,12,15). The van der Waals surface area contributed by atoms with Gasteiger partial charge in [-0.1, -0.05) is 18.2 Å². The summed E-state index contributed by atoms with van der Waals surface area (Å²) in [4.78, 5) is 36.3. The number of nitrogens with zero attached hydrogens (tertiary/aromatic N) is 1. The molecule has 0 heterocycles. The Balaban J connectivity index is 3.27. The predicted molar refractivity (Wildman–Crippen MR) is 59.7 cm³/mol. The molecule has 1 aromatic rings. The molecule has 0 spiro atoms. The van der Waals surface area contributed by atoms with Crippen LogP contribution in [0.25, 0.3) is 0 Å². The minimum atomic E-state index is -4.84. The van der Waals surface area contributed by atoms with Gasteiger partial charge in [-0.3, -0.25) is 0 Å². The Kier molecular flexibility index (Phi) is 3.68. The van der Waals surface area contributed by atoms with Crippen LogP contribution >= 0.6 is 14.4 Å². The van der Waals surface area contributed by atoms with E-state index >= 15 is 0 Å². The van der Waals surface area contributed by atoms with Crippen LogP contribution in [0.4, 0.5) is 5.69 Å². The molecule has 0 unspecified atom stereocenters. The molecule has 0 aromatic heterocycles. The van der Waals surface area contributed by atoms with Crippen molar-refractivity contribution in [2.75, 3.05) is 4.44 Å². The Labute approximate surface area is 91.2 Å². The van der Waals surface area contributed by atoms with Crippen LogP contribution in [0.1, 0.15) is 0 Å². The van der Waals surface area contributed by atoms with Crippen molar-refractivity contribution in [2.45, 2.75) is 0 Å². The van der Waals surface area contributed by atoms with Crippen molar-refractivity contribution < 1.29 is 24.1 Å². The van der Waals surface area contributed by atoms with Gasteiger partial charge in [0.05, 0.1) is 5.69 Å². The van der Waals surface area contributed by atoms with Crippen molar-refractivity contribution in [2.24, 2.45) is 0 Å². The molecule has 0 amide bonds. The summed E-state index contributed by atoms with van der Waals surface area (Å²) >= 11 is 4.29. The first-order chi connectivity index (χ1) is 6.73. The summed E-state index contributed by atoms with van der Waals surface area (Å²) in [5.74, 6) is 0. The molecule has 9 heteroatoms. The van der Waals surface area contributed by atoms with E-state index in [9.17, 15) is 14.4 Å². The van der Waals surface area contributed by atoms with Crippen molar-refractivity contribution in [1.82, 2.24) is 0 Å². The molecule has 84 valence electrons. The summed E-state index contributed by atoms with van der Waals surface area (Å²) in [6.07, 6.45) is 0. The first kappa shape index (κ1) is 12.8. The van der Waals surface area contributed by atoms with Crippen molar-refractivity contribution >= 4 is 31.9 Å². The Morgan fingerprint density at radius 1 is 1.07 bits per heavy atom. The van der Waals surface area contributed by atoms with Crippen LogP contribution in [0.2, 0.25) is 0 Å². The second-order valence-corrected chi connectivity index (χ2v) is 7.29. The molecular formula is C6H9NO5P2S. The van der Waals surface area contributed by atoms with Crippen LogP contribution < -0.4 is 4.44 Å². The summed E-state index contributed by atoms with van der Waals surface area (Å²) in [5, 5.41) is 0. The van der Waals surface area contributed by atoms with Crippen LogP contribution in [0.3, 0.4) is 0 Å². The molecule has 4 N–H and O–H groups in total. The van der Waals surface area contributed by atoms with E-state index in [1.165, 1.54) is 24.3 Å². The fourth-order valence-electron chi connectivity index (χ4n) is 1.01. The number of hydrogen-bond donors (Lipinski definition) is 4. The summed E-state index contributed by atoms with van der Waals surface area (Å²) in [6.45, 7) is -4.22. The lowest BCUT2D eigenvalue weighted by molar-refractivity contribution is 0.370. The van der Waals surface area contributed by atoms with Crippen molar-refractivity contribution in [3.8, 4) is 0 Å². The molecule has 0 atom stereocenters. The van der Waals surface area contributed by atoms with E-state index in [0.29, 0.717) is 0 Å². The molecule has 0 aliphatic rings. The average Bonchev–Trinajstić information content (AvgIpc) is 2.00. The minimum absolute atomic E-state index is 0.0285. The van der Waals surface area contributed by atoms with E-state index in [0.717, 1.165) is 0 Å². The van der Waals surface area contributed by atoms with E-state index < -0.39 is 14.4 Å². The normalized spacial score (nSPS) is 12.5. The molecule has 15 heavy (non-hydrogen) atoms. The topological polar surface area (TPSA) is 101 Å². The fraction of sp³-hybridized carbons (Fsp3) is 0. The fourth-order valence-corrected chi connectivity index (χ4v) is 4.24. The maximum Gasteiger partial charge on any atom is 0.437 e. The van der Waals surface area contributed by atoms with Crippen LogP contribution in [-0.4, -0.2) is 19.6 Å². The smallest absolute Gasteiger partial charge is 0.329 e. The zero-order valence-corrected chi connectivity index (χ0v) is 9.94. The predicted octanol–water partition coefficient (Wildman–Crippen LogP) is 0.795. The quantitative estimate of drug-likeness (QED) is 0.602. The van der Waals surface area contributed by atoms with Crippen LogP contribution in [0, 0.1) is 0 Å². The molecule has 0 bridgehead atoms. The largest absolute Gasteiger partial charge is 0.437 e. The monoisotopic (exact) mass is 269 g/mol. The molecule has 1 aromatic carbocycles. The highest BCUT2D eigenvalue weighted by Crippen LogP contribution is 2.60. The minimum Gasteiger partial charge on any atom is -0.329 e. The number of hydrogen-bond acceptors (Lipinski definition) is 2. The summed E-state index contributed by atoms with van der Waals surface area (Å²) in [6, 6.07) is 7.28. The number of anilines is 1. The summed E-state index contributed by atoms with van der Waals surface area (Å²) in [7, 11) is -4.84. The van der Waals surface area contributed by atoms with E-state index in [2.05, 4.69) is 11.8 Å². The first-order valence-electron chi connectivity index (χ1n) is 3.70. The SMILES string of the molecule is O=P(O)(O)N(c1ccccc1)P(O)(O)=S. The molecule has 0 saturated carbocycles. The van der Waals surface area contributed by atoms with Gasteiger partial charge in [0.1, 0.15) is 0 Å². The van der Waals surface area contributed by atoms with Gasteiger partial charge >= 0.3 is 7.75 Å². The van der Waals surface area contributed by atoms with Crippen molar-refractivity contribution in [3.05, 3.63) is 30.3 Å². The van der Waals surface area contributed by atoms with Crippen LogP contribution in [0.15, 0.2) is 30.3 Å². The van der Waals surface area contributed by atoms with Gasteiger partial charge < -0.3 is 19.6 Å². The highest BCUT2D eigenvalue weighted by molar-refractivity contribution is 8.12. The average molecular weight is 269 g/mol. The van der Waals surface area contributed by atoms with Gasteiger partial charge in [0.2, 0.25) is 0 Å². The summed E-state index contributed by atoms with van der Waals surface area (Å²) in [5.41, 5.74) is -0.0285. The van der Waals surface area contributed by atoms with Gasteiger partial charge in [-0.05, 0) is 23.9 Å². The van der Waals surface area contributed by atoms with Gasteiger partial charge in [-0.25, -0.2) is 9.01 Å². The molecule has 0 fully saturated rings. The molecule has 0 aliphatic carbocycles. The lowest BCUT2D eigenvalue weighted by Gasteiger charge is -2.27. The van der Waals surface area contributed by atoms with E-state index in [1.807, 2.05) is 0 Å². The molecule has 0 saturated heterocycles. The third-order valence-corrected chi connectivity index (χ3v) is 5.23. The third-order valence-electron chi connectivity index (χ3n) is 1.48. The molecular weight excluding hydrogens is 260 g/mol. The Morgan fingerprint density at radius 3 is 1.87 bits per heavy atom. The maximum absolute atomic E-state index is 11.0. The van der Waals surface area contributed by atoms with E-state index in [4.69, 9.17) is 9.79 Å². The lowest BCUT2D eigenvalue weighted by Crippen LogP contribution is -2.15. The second-order valence-electron chi connectivity index (χ2n) is 2.65. The van der Waals surface area contributed by atoms with Gasteiger partial charge in [0, 0.05) is 0 Å². The number of para-hydroxylation sites is 1. The van der Waals surface area contributed by atoms with Crippen LogP contribution in [0.5, 0.6) is 0 Å². The molecule has 1 rings (SSSR count). The first-order valence-corrected chi connectivity index (χ1v) is 7.93. The Hall–Kier alpha value is -0.260. The van der Waals surface area contributed by atoms with Gasteiger partial charge in [-0.15, -0.1) is 0 Å². The van der Waals surface area contributed by atoms with E-state index in [1.54, 1.807) is 6.07 Å². The molecule has 0 aliphatic heterocycles. The van der Waals surface area contributed by atoms with Gasteiger partial charge in [0.25, 0.3) is 6.64 Å². The zero-order chi connectivity index (χ0) is 11.7. The van der Waals surface area contributed by atoms with Gasteiger partial charge in [-0.2, -0.15) is 0 Å². The van der Waals surface area contributed by atoms with Crippen LogP contribution in [-0.2, 0) is 16.4 Å². The van der Waals surface area contributed by atoms with E-state index in [-0.39, 0.29) is 10.1 Å². The lowest BCUT2D eigenvalue weighted by atomic mass is 10.3. The van der Waals surface area contributed by atoms with Gasteiger partial charge in [0.15, 0.2) is 0 Å². The number of rotatable bonds is 3.